The molecule has 2 aliphatic rings. The van der Waals surface area contributed by atoms with Crippen LogP contribution in [0.25, 0.3) is 5.76 Å². The molecule has 0 bridgehead atoms. The number of aryl methyl sites for hydroxylation is 1. The summed E-state index contributed by atoms with van der Waals surface area (Å²) in [6, 6.07) is 10.8. The van der Waals surface area contributed by atoms with Crippen LogP contribution in [0.5, 0.6) is 17.2 Å². The lowest BCUT2D eigenvalue weighted by Crippen LogP contribution is -2.29. The maximum Gasteiger partial charge on any atom is 0.350 e. The Kier molecular flexibility index (Phi) is 8.81. The van der Waals surface area contributed by atoms with Crippen molar-refractivity contribution in [1.29, 1.82) is 0 Å². The highest BCUT2D eigenvalue weighted by molar-refractivity contribution is 7.17. The average molecular weight is 605 g/mol. The van der Waals surface area contributed by atoms with Gasteiger partial charge in [0, 0.05) is 5.56 Å². The molecular formula is C32H32N2O8S. The zero-order chi connectivity index (χ0) is 30.7. The van der Waals surface area contributed by atoms with Gasteiger partial charge in [0.25, 0.3) is 5.78 Å². The van der Waals surface area contributed by atoms with Crippen LogP contribution in [0.15, 0.2) is 60.7 Å². The van der Waals surface area contributed by atoms with Gasteiger partial charge in [-0.1, -0.05) is 50.0 Å². The van der Waals surface area contributed by atoms with Crippen molar-refractivity contribution in [1.82, 2.24) is 4.98 Å². The van der Waals surface area contributed by atoms with Crippen molar-refractivity contribution in [3.63, 3.8) is 0 Å². The molecule has 10 nitrogen and oxygen atoms in total. The van der Waals surface area contributed by atoms with Gasteiger partial charge in [0.1, 0.15) is 36.2 Å². The maximum atomic E-state index is 13.7. The number of Topliss-reactive ketones (excluding diaryl/α,β-unsaturated/α-hetero) is 1. The van der Waals surface area contributed by atoms with E-state index >= 15 is 0 Å². The summed E-state index contributed by atoms with van der Waals surface area (Å²) in [5.74, 6) is -0.866. The summed E-state index contributed by atoms with van der Waals surface area (Å²) < 4.78 is 22.4. The molecule has 2 aliphatic heterocycles. The molecule has 11 heteroatoms. The van der Waals surface area contributed by atoms with E-state index in [4.69, 9.17) is 18.9 Å². The summed E-state index contributed by atoms with van der Waals surface area (Å²) in [7, 11) is 0. The predicted octanol–water partition coefficient (Wildman–Crippen LogP) is 5.62. The van der Waals surface area contributed by atoms with Gasteiger partial charge in [-0.05, 0) is 55.2 Å². The molecule has 0 unspecified atom stereocenters. The highest BCUT2D eigenvalue weighted by atomic mass is 32.1. The SMILES string of the molecule is C=CCOC(=O)c1sc(N2C(=O)C(=O)/C(=C(/O)c3ccc4c(c3)OCCO4)[C@H]2c2cccc(OCCC(C)C)c2)nc1C. The molecule has 1 saturated heterocycles. The minimum atomic E-state index is -1.07. The van der Waals surface area contributed by atoms with Crippen LogP contribution < -0.4 is 19.1 Å². The van der Waals surface area contributed by atoms with E-state index in [0.717, 1.165) is 17.8 Å². The zero-order valence-electron chi connectivity index (χ0n) is 24.1. The van der Waals surface area contributed by atoms with Gasteiger partial charge in [0.15, 0.2) is 16.6 Å². The molecule has 0 saturated carbocycles. The van der Waals surface area contributed by atoms with Gasteiger partial charge in [-0.2, -0.15) is 0 Å². The Hall–Kier alpha value is -4.64. The summed E-state index contributed by atoms with van der Waals surface area (Å²) in [6.45, 7) is 10.6. The molecule has 1 fully saturated rings. The number of ether oxygens (including phenoxy) is 4. The van der Waals surface area contributed by atoms with Crippen molar-refractivity contribution in [2.45, 2.75) is 33.2 Å². The van der Waals surface area contributed by atoms with Gasteiger partial charge >= 0.3 is 11.9 Å². The van der Waals surface area contributed by atoms with Crippen LogP contribution in [-0.2, 0) is 14.3 Å². The van der Waals surface area contributed by atoms with Crippen LogP contribution in [-0.4, -0.2) is 54.2 Å². The van der Waals surface area contributed by atoms with Gasteiger partial charge in [0.05, 0.1) is 23.9 Å². The first-order chi connectivity index (χ1) is 20.7. The fourth-order valence-electron chi connectivity index (χ4n) is 4.75. The van der Waals surface area contributed by atoms with Crippen LogP contribution in [0.1, 0.15) is 52.8 Å². The molecule has 3 aromatic rings. The fraction of sp³-hybridized carbons (Fsp3) is 0.312. The van der Waals surface area contributed by atoms with Crippen molar-refractivity contribution in [2.24, 2.45) is 5.92 Å². The molecule has 1 N–H and O–H groups in total. The number of benzene rings is 2. The zero-order valence-corrected chi connectivity index (χ0v) is 24.9. The van der Waals surface area contributed by atoms with Gasteiger partial charge in [-0.3, -0.25) is 14.5 Å². The van der Waals surface area contributed by atoms with Gasteiger partial charge in [0.2, 0.25) is 0 Å². The van der Waals surface area contributed by atoms with Crippen LogP contribution in [0.2, 0.25) is 0 Å². The van der Waals surface area contributed by atoms with E-state index in [-0.39, 0.29) is 33.5 Å². The van der Waals surface area contributed by atoms with Crippen molar-refractivity contribution >= 4 is 39.9 Å². The van der Waals surface area contributed by atoms with Crippen molar-refractivity contribution < 1.29 is 38.4 Å². The predicted molar refractivity (Wildman–Crippen MR) is 161 cm³/mol. The number of aliphatic hydroxyl groups excluding tert-OH is 1. The molecule has 0 aliphatic carbocycles. The van der Waals surface area contributed by atoms with Gasteiger partial charge < -0.3 is 24.1 Å². The first-order valence-corrected chi connectivity index (χ1v) is 14.7. The smallest absolute Gasteiger partial charge is 0.350 e. The highest BCUT2D eigenvalue weighted by Crippen LogP contribution is 2.45. The number of rotatable bonds is 10. The third-order valence-electron chi connectivity index (χ3n) is 6.91. The third-order valence-corrected chi connectivity index (χ3v) is 8.04. The Morgan fingerprint density at radius 2 is 1.95 bits per heavy atom. The Morgan fingerprint density at radius 1 is 1.19 bits per heavy atom. The summed E-state index contributed by atoms with van der Waals surface area (Å²) >= 11 is 0.930. The molecule has 5 rings (SSSR count). The Labute approximate surface area is 253 Å². The van der Waals surface area contributed by atoms with Gasteiger partial charge in [-0.25, -0.2) is 9.78 Å². The number of hydrogen-bond acceptors (Lipinski definition) is 10. The normalized spacial score (nSPS) is 17.3. The fourth-order valence-corrected chi connectivity index (χ4v) is 5.74. The Bertz CT molecular complexity index is 1610. The van der Waals surface area contributed by atoms with Crippen LogP contribution in [0.4, 0.5) is 5.13 Å². The Morgan fingerprint density at radius 3 is 2.70 bits per heavy atom. The number of carbonyl (C=O) groups is 3. The number of anilines is 1. The van der Waals surface area contributed by atoms with Crippen LogP contribution >= 0.6 is 11.3 Å². The standard InChI is InChI=1S/C32H32N2O8S/c1-5-12-42-31(38)29-19(4)33-32(43-29)34-26(20-7-6-8-22(16-20)39-13-11-18(2)3)25(28(36)30(34)37)27(35)21-9-10-23-24(17-21)41-15-14-40-23/h5-10,16-18,26,35H,1,11-15H2,2-4H3/b27-25+/t26-/m1/s1. The summed E-state index contributed by atoms with van der Waals surface area (Å²) in [5.41, 5.74) is 1.00. The quantitative estimate of drug-likeness (QED) is 0.103. The molecule has 0 spiro atoms. The monoisotopic (exact) mass is 604 g/mol. The van der Waals surface area contributed by atoms with E-state index in [1.165, 1.54) is 11.0 Å². The van der Waals surface area contributed by atoms with Crippen molar-refractivity contribution in [3.8, 4) is 17.2 Å². The number of nitrogens with zero attached hydrogens (tertiary/aromatic N) is 2. The van der Waals surface area contributed by atoms with E-state index in [9.17, 15) is 19.5 Å². The number of aromatic nitrogens is 1. The minimum Gasteiger partial charge on any atom is -0.507 e. The van der Waals surface area contributed by atoms with Gasteiger partial charge in [-0.15, -0.1) is 0 Å². The molecule has 2 aromatic carbocycles. The first-order valence-electron chi connectivity index (χ1n) is 13.9. The van der Waals surface area contributed by atoms with Crippen LogP contribution in [0.3, 0.4) is 0 Å². The summed E-state index contributed by atoms with van der Waals surface area (Å²) in [4.78, 5) is 45.8. The topological polar surface area (TPSA) is 124 Å². The highest BCUT2D eigenvalue weighted by Gasteiger charge is 2.48. The number of esters is 1. The van der Waals surface area contributed by atoms with E-state index in [1.54, 1.807) is 49.4 Å². The molecule has 1 atom stereocenters. The molecular weight excluding hydrogens is 572 g/mol. The van der Waals surface area contributed by atoms with E-state index in [1.807, 2.05) is 0 Å². The maximum absolute atomic E-state index is 13.7. The van der Waals surface area contributed by atoms with E-state index in [2.05, 4.69) is 25.4 Å². The first kappa shape index (κ1) is 29.8. The number of aliphatic hydroxyl groups is 1. The lowest BCUT2D eigenvalue weighted by atomic mass is 9.95. The lowest BCUT2D eigenvalue weighted by molar-refractivity contribution is -0.132. The number of thiazole rings is 1. The number of amides is 1. The second-order valence-electron chi connectivity index (χ2n) is 10.4. The van der Waals surface area contributed by atoms with Crippen LogP contribution in [0, 0.1) is 12.8 Å². The number of carbonyl (C=O) groups excluding carboxylic acids is 3. The second-order valence-corrected chi connectivity index (χ2v) is 11.4. The lowest BCUT2D eigenvalue weighted by Gasteiger charge is -2.24. The minimum absolute atomic E-state index is 0.00908. The molecule has 1 aromatic heterocycles. The third kappa shape index (κ3) is 6.12. The summed E-state index contributed by atoms with van der Waals surface area (Å²) in [6.07, 6.45) is 2.29. The largest absolute Gasteiger partial charge is 0.507 e. The molecule has 43 heavy (non-hydrogen) atoms. The average Bonchev–Trinajstić information content (AvgIpc) is 3.51. The number of ketones is 1. The second kappa shape index (κ2) is 12.7. The van der Waals surface area contributed by atoms with E-state index in [0.29, 0.717) is 54.2 Å². The molecule has 224 valence electrons. The van der Waals surface area contributed by atoms with E-state index < -0.39 is 23.7 Å². The molecule has 1 amide bonds. The molecule has 0 radical (unpaired) electrons. The number of hydrogen-bond donors (Lipinski definition) is 1. The van der Waals surface area contributed by atoms with Crippen molar-refractivity contribution in [2.75, 3.05) is 31.3 Å². The summed E-state index contributed by atoms with van der Waals surface area (Å²) in [5, 5.41) is 11.7. The molecule has 3 heterocycles. The Balaban J connectivity index is 1.62. The number of fused-ring (bicyclic) bond motifs is 1. The van der Waals surface area contributed by atoms with Crippen molar-refractivity contribution in [3.05, 3.63) is 82.4 Å².